The van der Waals surface area contributed by atoms with Crippen molar-refractivity contribution < 1.29 is 9.53 Å². The SMILES string of the molecule is CCCCCCCCCCOc1ccccc1C=CC(=O)c1ccc(SCCC)cc1. The molecule has 0 bridgehead atoms. The molecule has 0 amide bonds. The average Bonchev–Trinajstić information content (AvgIpc) is 2.81. The van der Waals surface area contributed by atoms with Crippen molar-refractivity contribution >= 4 is 23.6 Å². The van der Waals surface area contributed by atoms with Crippen LogP contribution in [0.1, 0.15) is 87.6 Å². The van der Waals surface area contributed by atoms with E-state index in [-0.39, 0.29) is 5.78 Å². The zero-order valence-electron chi connectivity index (χ0n) is 19.3. The molecule has 0 atom stereocenters. The summed E-state index contributed by atoms with van der Waals surface area (Å²) >= 11 is 1.82. The summed E-state index contributed by atoms with van der Waals surface area (Å²) in [6.07, 6.45) is 15.0. The topological polar surface area (TPSA) is 26.3 Å². The highest BCUT2D eigenvalue weighted by molar-refractivity contribution is 7.99. The Hall–Kier alpha value is -2.00. The van der Waals surface area contributed by atoms with Gasteiger partial charge in [-0.05, 0) is 61.1 Å². The Balaban J connectivity index is 1.79. The van der Waals surface area contributed by atoms with E-state index in [4.69, 9.17) is 4.74 Å². The lowest BCUT2D eigenvalue weighted by atomic mass is 10.1. The summed E-state index contributed by atoms with van der Waals surface area (Å²) in [6.45, 7) is 5.16. The molecule has 0 saturated heterocycles. The number of unbranched alkanes of at least 4 members (excludes halogenated alkanes) is 7. The van der Waals surface area contributed by atoms with Gasteiger partial charge in [0.25, 0.3) is 0 Å². The first-order valence-electron chi connectivity index (χ1n) is 11.9. The highest BCUT2D eigenvalue weighted by Crippen LogP contribution is 2.22. The Morgan fingerprint density at radius 1 is 0.839 bits per heavy atom. The van der Waals surface area contributed by atoms with Crippen molar-refractivity contribution in [2.24, 2.45) is 0 Å². The van der Waals surface area contributed by atoms with Gasteiger partial charge in [-0.2, -0.15) is 0 Å². The monoisotopic (exact) mass is 438 g/mol. The fourth-order valence-corrected chi connectivity index (χ4v) is 4.13. The van der Waals surface area contributed by atoms with Crippen molar-refractivity contribution in [3.63, 3.8) is 0 Å². The zero-order valence-corrected chi connectivity index (χ0v) is 20.1. The largest absolute Gasteiger partial charge is 0.493 e. The van der Waals surface area contributed by atoms with Crippen LogP contribution >= 0.6 is 11.8 Å². The minimum Gasteiger partial charge on any atom is -0.493 e. The molecule has 3 heteroatoms. The molecule has 0 heterocycles. The van der Waals surface area contributed by atoms with Crippen LogP contribution in [0.2, 0.25) is 0 Å². The standard InChI is InChI=1S/C28H38O2S/c1-3-5-6-7-8-9-10-13-22-30-28-15-12-11-14-25(28)18-21-27(29)24-16-19-26(20-17-24)31-23-4-2/h11-12,14-21H,3-10,13,22-23H2,1-2H3. The van der Waals surface area contributed by atoms with E-state index in [0.29, 0.717) is 0 Å². The molecule has 0 aliphatic heterocycles. The maximum atomic E-state index is 12.5. The van der Waals surface area contributed by atoms with Crippen molar-refractivity contribution in [3.05, 3.63) is 65.7 Å². The predicted molar refractivity (Wildman–Crippen MR) is 135 cm³/mol. The summed E-state index contributed by atoms with van der Waals surface area (Å²) in [4.78, 5) is 13.8. The van der Waals surface area contributed by atoms with Crippen LogP contribution in [0.15, 0.2) is 59.5 Å². The van der Waals surface area contributed by atoms with Crippen LogP contribution in [0.25, 0.3) is 6.08 Å². The van der Waals surface area contributed by atoms with E-state index in [1.807, 2.05) is 66.4 Å². The molecule has 2 aromatic carbocycles. The molecule has 0 aliphatic rings. The Morgan fingerprint density at radius 3 is 2.23 bits per heavy atom. The number of ketones is 1. The molecular weight excluding hydrogens is 400 g/mol. The molecule has 0 saturated carbocycles. The van der Waals surface area contributed by atoms with E-state index in [1.165, 1.54) is 49.8 Å². The second kappa shape index (κ2) is 15.8. The average molecular weight is 439 g/mol. The van der Waals surface area contributed by atoms with Crippen LogP contribution in [-0.2, 0) is 0 Å². The molecule has 2 aromatic rings. The maximum Gasteiger partial charge on any atom is 0.185 e. The number of thioether (sulfide) groups is 1. The molecule has 2 nitrogen and oxygen atoms in total. The van der Waals surface area contributed by atoms with E-state index >= 15 is 0 Å². The van der Waals surface area contributed by atoms with E-state index in [1.54, 1.807) is 6.08 Å². The van der Waals surface area contributed by atoms with Crippen molar-refractivity contribution in [1.29, 1.82) is 0 Å². The van der Waals surface area contributed by atoms with E-state index in [9.17, 15) is 4.79 Å². The number of hydrogen-bond donors (Lipinski definition) is 0. The van der Waals surface area contributed by atoms with Crippen molar-refractivity contribution in [2.45, 2.75) is 76.5 Å². The number of para-hydroxylation sites is 1. The van der Waals surface area contributed by atoms with Gasteiger partial charge in [0.2, 0.25) is 0 Å². The lowest BCUT2D eigenvalue weighted by molar-refractivity contribution is 0.104. The van der Waals surface area contributed by atoms with Gasteiger partial charge in [-0.3, -0.25) is 4.79 Å². The highest BCUT2D eigenvalue weighted by Gasteiger charge is 2.04. The van der Waals surface area contributed by atoms with E-state index < -0.39 is 0 Å². The van der Waals surface area contributed by atoms with Gasteiger partial charge in [0.05, 0.1) is 6.61 Å². The number of carbonyl (C=O) groups excluding carboxylic acids is 1. The summed E-state index contributed by atoms with van der Waals surface area (Å²) in [5, 5.41) is 0. The first kappa shape index (κ1) is 25.3. The number of hydrogen-bond acceptors (Lipinski definition) is 3. The molecule has 0 spiro atoms. The summed E-state index contributed by atoms with van der Waals surface area (Å²) in [6, 6.07) is 15.8. The fourth-order valence-electron chi connectivity index (χ4n) is 3.36. The molecular formula is C28H38O2S. The van der Waals surface area contributed by atoms with Gasteiger partial charge in [-0.1, -0.05) is 77.0 Å². The molecule has 0 fully saturated rings. The van der Waals surface area contributed by atoms with Gasteiger partial charge in [0, 0.05) is 16.0 Å². The maximum absolute atomic E-state index is 12.5. The molecule has 0 radical (unpaired) electrons. The number of ether oxygens (including phenoxy) is 1. The summed E-state index contributed by atoms with van der Waals surface area (Å²) < 4.78 is 6.01. The number of allylic oxidation sites excluding steroid dienone is 1. The lowest BCUT2D eigenvalue weighted by Crippen LogP contribution is -1.99. The van der Waals surface area contributed by atoms with Crippen molar-refractivity contribution in [1.82, 2.24) is 0 Å². The van der Waals surface area contributed by atoms with Gasteiger partial charge >= 0.3 is 0 Å². The van der Waals surface area contributed by atoms with E-state index in [2.05, 4.69) is 13.8 Å². The molecule has 0 aliphatic carbocycles. The zero-order chi connectivity index (χ0) is 22.2. The lowest BCUT2D eigenvalue weighted by Gasteiger charge is -2.09. The first-order valence-corrected chi connectivity index (χ1v) is 12.9. The first-order chi connectivity index (χ1) is 15.2. The third kappa shape index (κ3) is 10.2. The van der Waals surface area contributed by atoms with Crippen molar-refractivity contribution in [3.8, 4) is 5.75 Å². The number of carbonyl (C=O) groups is 1. The minimum absolute atomic E-state index is 0.0184. The molecule has 2 rings (SSSR count). The van der Waals surface area contributed by atoms with E-state index in [0.717, 1.165) is 42.1 Å². The summed E-state index contributed by atoms with van der Waals surface area (Å²) in [7, 11) is 0. The molecule has 168 valence electrons. The van der Waals surface area contributed by atoms with Gasteiger partial charge in [0.15, 0.2) is 5.78 Å². The van der Waals surface area contributed by atoms with Crippen molar-refractivity contribution in [2.75, 3.05) is 12.4 Å². The second-order valence-corrected chi connectivity index (χ2v) is 9.10. The third-order valence-corrected chi connectivity index (χ3v) is 6.42. The van der Waals surface area contributed by atoms with Crippen LogP contribution in [0.3, 0.4) is 0 Å². The summed E-state index contributed by atoms with van der Waals surface area (Å²) in [5.74, 6) is 1.97. The predicted octanol–water partition coefficient (Wildman–Crippen LogP) is 8.60. The number of benzene rings is 2. The molecule has 0 unspecified atom stereocenters. The third-order valence-electron chi connectivity index (χ3n) is 5.20. The van der Waals surface area contributed by atoms with Crippen LogP contribution in [-0.4, -0.2) is 18.1 Å². The highest BCUT2D eigenvalue weighted by atomic mass is 32.2. The normalized spacial score (nSPS) is 11.2. The van der Waals surface area contributed by atoms with Gasteiger partial charge < -0.3 is 4.74 Å². The quantitative estimate of drug-likeness (QED) is 0.114. The summed E-state index contributed by atoms with van der Waals surface area (Å²) in [5.41, 5.74) is 1.67. The Morgan fingerprint density at radius 2 is 1.52 bits per heavy atom. The Labute approximate surface area is 193 Å². The van der Waals surface area contributed by atoms with Crippen LogP contribution in [0, 0.1) is 0 Å². The molecule has 0 N–H and O–H groups in total. The van der Waals surface area contributed by atoms with Crippen LogP contribution in [0.5, 0.6) is 5.75 Å². The molecule has 0 aromatic heterocycles. The van der Waals surface area contributed by atoms with Gasteiger partial charge in [0.1, 0.15) is 5.75 Å². The number of rotatable bonds is 16. The minimum atomic E-state index is 0.0184. The van der Waals surface area contributed by atoms with Gasteiger partial charge in [-0.15, -0.1) is 11.8 Å². The fraction of sp³-hybridized carbons (Fsp3) is 0.464. The molecule has 31 heavy (non-hydrogen) atoms. The Bertz CT molecular complexity index is 780. The second-order valence-electron chi connectivity index (χ2n) is 7.93. The van der Waals surface area contributed by atoms with Crippen LogP contribution in [0.4, 0.5) is 0 Å². The Kier molecular flexibility index (Phi) is 12.8. The smallest absolute Gasteiger partial charge is 0.185 e. The van der Waals surface area contributed by atoms with Crippen LogP contribution < -0.4 is 4.74 Å². The van der Waals surface area contributed by atoms with Gasteiger partial charge in [-0.25, -0.2) is 0 Å².